The fraction of sp³-hybridized carbons (Fsp3) is 0.308. The number of aryl methyl sites for hydroxylation is 4. The molecule has 0 aliphatic carbocycles. The van der Waals surface area contributed by atoms with Crippen molar-refractivity contribution < 1.29 is 4.92 Å². The normalized spacial score (nSPS) is 10.7. The van der Waals surface area contributed by atoms with Gasteiger partial charge in [0.2, 0.25) is 0 Å². The van der Waals surface area contributed by atoms with Gasteiger partial charge in [0.15, 0.2) is 0 Å². The minimum absolute atomic E-state index is 0.0873. The quantitative estimate of drug-likeness (QED) is 0.603. The number of rotatable bonds is 2. The van der Waals surface area contributed by atoms with Crippen molar-refractivity contribution in [2.45, 2.75) is 27.7 Å². The van der Waals surface area contributed by atoms with Crippen molar-refractivity contribution >= 4 is 5.69 Å². The second kappa shape index (κ2) is 4.25. The van der Waals surface area contributed by atoms with E-state index in [9.17, 15) is 10.1 Å². The van der Waals surface area contributed by atoms with E-state index in [1.165, 1.54) is 0 Å². The van der Waals surface area contributed by atoms with Crippen molar-refractivity contribution in [1.29, 1.82) is 0 Å². The van der Waals surface area contributed by atoms with Gasteiger partial charge in [0.05, 0.1) is 10.6 Å². The standard InChI is InChI=1S/C13H15N3O2/c1-8-5-12(13(16(17)18)6-9(8)2)15-11(4)7-10(3)14-15/h5-7H,1-4H3. The van der Waals surface area contributed by atoms with Crippen LogP contribution >= 0.6 is 0 Å². The Hall–Kier alpha value is -2.17. The van der Waals surface area contributed by atoms with E-state index in [-0.39, 0.29) is 10.6 Å². The zero-order chi connectivity index (χ0) is 13.4. The molecule has 0 saturated heterocycles. The summed E-state index contributed by atoms with van der Waals surface area (Å²) in [4.78, 5) is 10.8. The molecule has 2 rings (SSSR count). The predicted molar refractivity (Wildman–Crippen MR) is 69.2 cm³/mol. The average molecular weight is 245 g/mol. The lowest BCUT2D eigenvalue weighted by molar-refractivity contribution is -0.384. The molecule has 0 aliphatic rings. The number of nitro groups is 1. The van der Waals surface area contributed by atoms with E-state index in [0.717, 1.165) is 22.5 Å². The SMILES string of the molecule is Cc1cc(C)n(-c2cc(C)c(C)cc2[N+](=O)[O-])n1. The second-order valence-electron chi connectivity index (χ2n) is 4.52. The Morgan fingerprint density at radius 1 is 1.11 bits per heavy atom. The Labute approximate surface area is 105 Å². The summed E-state index contributed by atoms with van der Waals surface area (Å²) < 4.78 is 1.62. The fourth-order valence-corrected chi connectivity index (χ4v) is 1.97. The first-order chi connectivity index (χ1) is 8.40. The number of nitrogens with zero attached hydrogens (tertiary/aromatic N) is 3. The molecule has 0 radical (unpaired) electrons. The van der Waals surface area contributed by atoms with Gasteiger partial charge in [-0.05, 0) is 51.0 Å². The summed E-state index contributed by atoms with van der Waals surface area (Å²) in [5, 5.41) is 15.4. The van der Waals surface area contributed by atoms with E-state index < -0.39 is 0 Å². The highest BCUT2D eigenvalue weighted by atomic mass is 16.6. The molecule has 5 nitrogen and oxygen atoms in total. The molecule has 0 aliphatic heterocycles. The second-order valence-corrected chi connectivity index (χ2v) is 4.52. The lowest BCUT2D eigenvalue weighted by atomic mass is 10.1. The zero-order valence-corrected chi connectivity index (χ0v) is 10.9. The minimum Gasteiger partial charge on any atom is -0.258 e. The van der Waals surface area contributed by atoms with Crippen molar-refractivity contribution in [2.75, 3.05) is 0 Å². The van der Waals surface area contributed by atoms with Gasteiger partial charge in [-0.2, -0.15) is 5.10 Å². The third-order valence-corrected chi connectivity index (χ3v) is 3.03. The van der Waals surface area contributed by atoms with Crippen molar-refractivity contribution in [3.8, 4) is 5.69 Å². The fourth-order valence-electron chi connectivity index (χ4n) is 1.97. The first-order valence-corrected chi connectivity index (χ1v) is 5.69. The average Bonchev–Trinajstić information content (AvgIpc) is 2.61. The van der Waals surface area contributed by atoms with Crippen LogP contribution in [0.3, 0.4) is 0 Å². The molecule has 0 atom stereocenters. The highest BCUT2D eigenvalue weighted by Crippen LogP contribution is 2.27. The molecule has 18 heavy (non-hydrogen) atoms. The van der Waals surface area contributed by atoms with Crippen molar-refractivity contribution in [2.24, 2.45) is 0 Å². The van der Waals surface area contributed by atoms with Gasteiger partial charge >= 0.3 is 0 Å². The van der Waals surface area contributed by atoms with Crippen molar-refractivity contribution in [3.05, 3.63) is 50.8 Å². The molecule has 0 fully saturated rings. The summed E-state index contributed by atoms with van der Waals surface area (Å²) in [7, 11) is 0. The maximum Gasteiger partial charge on any atom is 0.295 e. The lowest BCUT2D eigenvalue weighted by Crippen LogP contribution is -2.05. The number of hydrogen-bond acceptors (Lipinski definition) is 3. The van der Waals surface area contributed by atoms with Crippen LogP contribution < -0.4 is 0 Å². The van der Waals surface area contributed by atoms with Gasteiger partial charge in [-0.15, -0.1) is 0 Å². The molecule has 1 aromatic carbocycles. The number of hydrogen-bond donors (Lipinski definition) is 0. The van der Waals surface area contributed by atoms with Crippen LogP contribution in [-0.4, -0.2) is 14.7 Å². The Morgan fingerprint density at radius 3 is 2.22 bits per heavy atom. The minimum atomic E-state index is -0.363. The van der Waals surface area contributed by atoms with Crippen molar-refractivity contribution in [3.63, 3.8) is 0 Å². The van der Waals surface area contributed by atoms with Gasteiger partial charge in [0, 0.05) is 11.8 Å². The van der Waals surface area contributed by atoms with Gasteiger partial charge in [0.25, 0.3) is 5.69 Å². The summed E-state index contributed by atoms with van der Waals surface area (Å²) in [6, 6.07) is 5.31. The third kappa shape index (κ3) is 1.99. The highest BCUT2D eigenvalue weighted by Gasteiger charge is 2.19. The van der Waals surface area contributed by atoms with E-state index in [1.807, 2.05) is 39.8 Å². The van der Waals surface area contributed by atoms with E-state index in [0.29, 0.717) is 5.69 Å². The largest absolute Gasteiger partial charge is 0.295 e. The van der Waals surface area contributed by atoms with Crippen LogP contribution in [0.4, 0.5) is 5.69 Å². The van der Waals surface area contributed by atoms with Gasteiger partial charge in [0.1, 0.15) is 5.69 Å². The molecular weight excluding hydrogens is 230 g/mol. The van der Waals surface area contributed by atoms with Gasteiger partial charge in [-0.25, -0.2) is 4.68 Å². The summed E-state index contributed by atoms with van der Waals surface area (Å²) in [5.41, 5.74) is 4.27. The Balaban J connectivity index is 2.73. The molecule has 0 saturated carbocycles. The topological polar surface area (TPSA) is 61.0 Å². The molecule has 1 heterocycles. The van der Waals surface area contributed by atoms with Gasteiger partial charge in [-0.1, -0.05) is 0 Å². The van der Waals surface area contributed by atoms with Crippen LogP contribution in [0.2, 0.25) is 0 Å². The van der Waals surface area contributed by atoms with E-state index in [1.54, 1.807) is 10.7 Å². The van der Waals surface area contributed by atoms with Crippen LogP contribution in [0.1, 0.15) is 22.5 Å². The van der Waals surface area contributed by atoms with Gasteiger partial charge < -0.3 is 0 Å². The van der Waals surface area contributed by atoms with Gasteiger partial charge in [-0.3, -0.25) is 10.1 Å². The Kier molecular flexibility index (Phi) is 2.90. The Morgan fingerprint density at radius 2 is 1.72 bits per heavy atom. The smallest absolute Gasteiger partial charge is 0.258 e. The summed E-state index contributed by atoms with van der Waals surface area (Å²) in [6.07, 6.45) is 0. The first-order valence-electron chi connectivity index (χ1n) is 5.69. The first kappa shape index (κ1) is 12.3. The summed E-state index contributed by atoms with van der Waals surface area (Å²) in [6.45, 7) is 7.57. The summed E-state index contributed by atoms with van der Waals surface area (Å²) in [5.74, 6) is 0. The number of nitro benzene ring substituents is 1. The molecular formula is C13H15N3O2. The van der Waals surface area contributed by atoms with E-state index in [2.05, 4.69) is 5.10 Å². The third-order valence-electron chi connectivity index (χ3n) is 3.03. The molecule has 5 heteroatoms. The molecule has 1 aromatic heterocycles. The predicted octanol–water partition coefficient (Wildman–Crippen LogP) is 3.01. The van der Waals surface area contributed by atoms with Crippen LogP contribution in [-0.2, 0) is 0 Å². The zero-order valence-electron chi connectivity index (χ0n) is 10.9. The maximum absolute atomic E-state index is 11.1. The van der Waals surface area contributed by atoms with Crippen LogP contribution in [0.5, 0.6) is 0 Å². The maximum atomic E-state index is 11.1. The molecule has 2 aromatic rings. The number of aromatic nitrogens is 2. The molecule has 94 valence electrons. The highest BCUT2D eigenvalue weighted by molar-refractivity contribution is 5.56. The molecule has 0 N–H and O–H groups in total. The molecule has 0 unspecified atom stereocenters. The lowest BCUT2D eigenvalue weighted by Gasteiger charge is -2.08. The molecule has 0 amide bonds. The number of benzene rings is 1. The van der Waals surface area contributed by atoms with Crippen molar-refractivity contribution in [1.82, 2.24) is 9.78 Å². The molecule has 0 bridgehead atoms. The van der Waals surface area contributed by atoms with E-state index in [4.69, 9.17) is 0 Å². The summed E-state index contributed by atoms with van der Waals surface area (Å²) >= 11 is 0. The molecule has 0 spiro atoms. The van der Waals surface area contributed by atoms with Crippen LogP contribution in [0.25, 0.3) is 5.69 Å². The monoisotopic (exact) mass is 245 g/mol. The van der Waals surface area contributed by atoms with E-state index >= 15 is 0 Å². The Bertz CT molecular complexity index is 629. The van der Waals surface area contributed by atoms with Crippen LogP contribution in [0.15, 0.2) is 18.2 Å². The van der Waals surface area contributed by atoms with Crippen LogP contribution in [0, 0.1) is 37.8 Å².